The van der Waals surface area contributed by atoms with Crippen LogP contribution in [0.15, 0.2) is 36.2 Å². The number of hydrogen-bond acceptors (Lipinski definition) is 3. The summed E-state index contributed by atoms with van der Waals surface area (Å²) in [4.78, 5) is 14.9. The smallest absolute Gasteiger partial charge is 0.269 e. The summed E-state index contributed by atoms with van der Waals surface area (Å²) in [6.45, 7) is 0.0333. The van der Waals surface area contributed by atoms with Crippen LogP contribution in [0.1, 0.15) is 22.2 Å². The van der Waals surface area contributed by atoms with Crippen molar-refractivity contribution in [3.63, 3.8) is 0 Å². The number of carbonyl (C=O) groups is 1. The molecule has 2 rings (SSSR count). The molecule has 9 heteroatoms. The molecule has 0 bridgehead atoms. The number of benzene rings is 1. The van der Waals surface area contributed by atoms with E-state index >= 15 is 0 Å². The Morgan fingerprint density at radius 2 is 1.77 bits per heavy atom. The minimum absolute atomic E-state index is 0.0333. The molecule has 0 aliphatic carbocycles. The van der Waals surface area contributed by atoms with E-state index in [-0.39, 0.29) is 18.2 Å². The van der Waals surface area contributed by atoms with Gasteiger partial charge in [0.05, 0.1) is 24.0 Å². The summed E-state index contributed by atoms with van der Waals surface area (Å²) in [6.07, 6.45) is 0.734. The number of aromatic amines is 1. The normalized spacial score (nSPS) is 12.2. The van der Waals surface area contributed by atoms with Crippen LogP contribution in [0.2, 0.25) is 0 Å². The average molecular weight is 562 g/mol. The predicted molar refractivity (Wildman–Crippen MR) is 97.0 cm³/mol. The fourth-order valence-corrected chi connectivity index (χ4v) is 3.66. The van der Waals surface area contributed by atoms with E-state index in [1.807, 2.05) is 0 Å². The van der Waals surface area contributed by atoms with Crippen LogP contribution in [0.25, 0.3) is 0 Å². The number of phenols is 1. The van der Waals surface area contributed by atoms with Gasteiger partial charge in [-0.1, -0.05) is 0 Å². The Kier molecular flexibility index (Phi) is 6.12. The van der Waals surface area contributed by atoms with Crippen LogP contribution in [-0.4, -0.2) is 27.6 Å². The van der Waals surface area contributed by atoms with Crippen LogP contribution in [0.4, 0.5) is 0 Å². The zero-order chi connectivity index (χ0) is 16.4. The number of carbonyl (C=O) groups excluding carboxylic acids is 1. The second-order valence-electron chi connectivity index (χ2n) is 4.38. The fourth-order valence-electron chi connectivity index (χ4n) is 1.72. The predicted octanol–water partition coefficient (Wildman–Crippen LogP) is 4.23. The van der Waals surface area contributed by atoms with Gasteiger partial charge in [-0.3, -0.25) is 4.79 Å². The molecule has 1 aromatic carbocycles. The van der Waals surface area contributed by atoms with Crippen molar-refractivity contribution in [2.24, 2.45) is 0 Å². The highest BCUT2D eigenvalue weighted by Crippen LogP contribution is 2.35. The SMILES string of the molecule is O=C(NC[C@@H](O)c1cc(Br)c(O)c(Br)c1)c1[nH]cc(Br)c1Br. The first-order valence-corrected chi connectivity index (χ1v) is 9.15. The molecule has 22 heavy (non-hydrogen) atoms. The number of H-pyrrole nitrogens is 1. The van der Waals surface area contributed by atoms with Gasteiger partial charge in [-0.15, -0.1) is 0 Å². The molecule has 0 radical (unpaired) electrons. The van der Waals surface area contributed by atoms with Crippen molar-refractivity contribution < 1.29 is 15.0 Å². The average Bonchev–Trinajstić information content (AvgIpc) is 2.81. The van der Waals surface area contributed by atoms with Crippen molar-refractivity contribution >= 4 is 69.6 Å². The van der Waals surface area contributed by atoms with Gasteiger partial charge in [-0.05, 0) is 81.4 Å². The van der Waals surface area contributed by atoms with Crippen molar-refractivity contribution in [1.82, 2.24) is 10.3 Å². The molecule has 0 fully saturated rings. The number of nitrogens with one attached hydrogen (secondary N) is 2. The molecular weight excluding hydrogens is 552 g/mol. The minimum Gasteiger partial charge on any atom is -0.506 e. The van der Waals surface area contributed by atoms with E-state index in [2.05, 4.69) is 74.0 Å². The number of rotatable bonds is 4. The summed E-state index contributed by atoms with van der Waals surface area (Å²) in [5, 5.41) is 22.5. The Labute approximate surface area is 160 Å². The van der Waals surface area contributed by atoms with Crippen molar-refractivity contribution in [1.29, 1.82) is 0 Å². The number of aliphatic hydroxyl groups is 1. The van der Waals surface area contributed by atoms with Crippen LogP contribution in [0, 0.1) is 0 Å². The monoisotopic (exact) mass is 558 g/mol. The molecule has 5 nitrogen and oxygen atoms in total. The zero-order valence-corrected chi connectivity index (χ0v) is 17.2. The van der Waals surface area contributed by atoms with Gasteiger partial charge in [0.15, 0.2) is 0 Å². The Morgan fingerprint density at radius 3 is 2.27 bits per heavy atom. The Morgan fingerprint density at radius 1 is 1.18 bits per heavy atom. The second kappa shape index (κ2) is 7.48. The van der Waals surface area contributed by atoms with Crippen LogP contribution in [0.3, 0.4) is 0 Å². The number of phenolic OH excluding ortho intramolecular Hbond substituents is 1. The van der Waals surface area contributed by atoms with Gasteiger partial charge in [0.2, 0.25) is 0 Å². The third-order valence-corrected chi connectivity index (χ3v) is 6.07. The van der Waals surface area contributed by atoms with E-state index in [9.17, 15) is 15.0 Å². The van der Waals surface area contributed by atoms with E-state index in [1.165, 1.54) is 0 Å². The first-order chi connectivity index (χ1) is 10.3. The number of aromatic nitrogens is 1. The third-order valence-electron chi connectivity index (χ3n) is 2.88. The minimum atomic E-state index is -0.908. The molecule has 0 spiro atoms. The van der Waals surface area contributed by atoms with Crippen LogP contribution in [-0.2, 0) is 0 Å². The third kappa shape index (κ3) is 3.94. The zero-order valence-electron chi connectivity index (χ0n) is 10.8. The summed E-state index contributed by atoms with van der Waals surface area (Å²) in [7, 11) is 0. The van der Waals surface area contributed by atoms with Crippen LogP contribution < -0.4 is 5.32 Å². The first kappa shape index (κ1) is 18.0. The van der Waals surface area contributed by atoms with Gasteiger partial charge in [-0.2, -0.15) is 0 Å². The molecule has 2 aromatic rings. The number of hydrogen-bond donors (Lipinski definition) is 4. The van der Waals surface area contributed by atoms with Gasteiger partial charge in [-0.25, -0.2) is 0 Å². The molecule has 1 amide bonds. The number of aromatic hydroxyl groups is 1. The highest BCUT2D eigenvalue weighted by atomic mass is 79.9. The van der Waals surface area contributed by atoms with Crippen molar-refractivity contribution in [2.45, 2.75) is 6.10 Å². The quantitative estimate of drug-likeness (QED) is 0.451. The molecule has 118 valence electrons. The van der Waals surface area contributed by atoms with Crippen molar-refractivity contribution in [2.75, 3.05) is 6.54 Å². The summed E-state index contributed by atoms with van der Waals surface area (Å²) in [5.74, 6) is -0.284. The van der Waals surface area contributed by atoms with Gasteiger partial charge < -0.3 is 20.5 Å². The van der Waals surface area contributed by atoms with Crippen molar-refractivity contribution in [3.8, 4) is 5.75 Å². The molecular formula is C13H10Br4N2O3. The largest absolute Gasteiger partial charge is 0.506 e. The van der Waals surface area contributed by atoms with Gasteiger partial charge in [0.1, 0.15) is 11.4 Å². The van der Waals surface area contributed by atoms with E-state index in [0.717, 1.165) is 4.47 Å². The summed E-state index contributed by atoms with van der Waals surface area (Å²) < 4.78 is 2.27. The molecule has 0 aliphatic rings. The number of aliphatic hydroxyl groups excluding tert-OH is 1. The van der Waals surface area contributed by atoms with Gasteiger partial charge in [0.25, 0.3) is 5.91 Å². The molecule has 0 saturated heterocycles. The molecule has 1 aromatic heterocycles. The molecule has 4 N–H and O–H groups in total. The summed E-state index contributed by atoms with van der Waals surface area (Å²) in [5.41, 5.74) is 0.927. The lowest BCUT2D eigenvalue weighted by Gasteiger charge is -2.14. The number of amides is 1. The standard InChI is InChI=1S/C13H10Br4N2O3/c14-6-1-5(2-7(15)12(6)21)9(20)4-19-13(22)11-10(17)8(16)3-18-11/h1-3,9,18,20-21H,4H2,(H,19,22)/t9-/m1/s1. The van der Waals surface area contributed by atoms with Crippen LogP contribution in [0.5, 0.6) is 5.75 Å². The molecule has 1 heterocycles. The molecule has 0 unspecified atom stereocenters. The van der Waals surface area contributed by atoms with Gasteiger partial charge in [0, 0.05) is 12.7 Å². The molecule has 0 aliphatic heterocycles. The molecule has 0 saturated carbocycles. The first-order valence-electron chi connectivity index (χ1n) is 5.97. The summed E-state index contributed by atoms with van der Waals surface area (Å²) in [6, 6.07) is 3.19. The topological polar surface area (TPSA) is 85.3 Å². The summed E-state index contributed by atoms with van der Waals surface area (Å²) >= 11 is 13.0. The number of halogens is 4. The van der Waals surface area contributed by atoms with Gasteiger partial charge >= 0.3 is 0 Å². The van der Waals surface area contributed by atoms with E-state index in [0.29, 0.717) is 24.7 Å². The maximum absolute atomic E-state index is 12.0. The lowest BCUT2D eigenvalue weighted by atomic mass is 10.1. The lowest BCUT2D eigenvalue weighted by Crippen LogP contribution is -2.28. The second-order valence-corrected chi connectivity index (χ2v) is 7.74. The fraction of sp³-hybridized carbons (Fsp3) is 0.154. The Bertz CT molecular complexity index is 694. The van der Waals surface area contributed by atoms with E-state index in [1.54, 1.807) is 18.3 Å². The Hall–Kier alpha value is -0.350. The maximum Gasteiger partial charge on any atom is 0.269 e. The maximum atomic E-state index is 12.0. The highest BCUT2D eigenvalue weighted by Gasteiger charge is 2.17. The Balaban J connectivity index is 2.05. The highest BCUT2D eigenvalue weighted by molar-refractivity contribution is 9.13. The lowest BCUT2D eigenvalue weighted by molar-refractivity contribution is 0.0911. The van der Waals surface area contributed by atoms with E-state index in [4.69, 9.17) is 0 Å². The van der Waals surface area contributed by atoms with E-state index < -0.39 is 6.10 Å². The molecule has 1 atom stereocenters. The van der Waals surface area contributed by atoms with Crippen LogP contribution >= 0.6 is 63.7 Å². The van der Waals surface area contributed by atoms with Crippen molar-refractivity contribution in [3.05, 3.63) is 47.5 Å².